The summed E-state index contributed by atoms with van der Waals surface area (Å²) in [5, 5.41) is 3.79. The van der Waals surface area contributed by atoms with E-state index in [0.29, 0.717) is 25.3 Å². The lowest BCUT2D eigenvalue weighted by molar-refractivity contribution is 0.0487. The zero-order valence-corrected chi connectivity index (χ0v) is 13.6. The fourth-order valence-corrected chi connectivity index (χ4v) is 3.11. The Balaban J connectivity index is 1.77. The van der Waals surface area contributed by atoms with Crippen molar-refractivity contribution in [2.75, 3.05) is 19.8 Å². The summed E-state index contributed by atoms with van der Waals surface area (Å²) in [6.45, 7) is 1.99. The second-order valence-corrected chi connectivity index (χ2v) is 6.25. The summed E-state index contributed by atoms with van der Waals surface area (Å²) < 4.78 is 5.51. The summed E-state index contributed by atoms with van der Waals surface area (Å²) >= 11 is 6.00. The van der Waals surface area contributed by atoms with Crippen LogP contribution in [0.1, 0.15) is 28.8 Å². The minimum atomic E-state index is -0.106. The molecule has 1 N–H and O–H groups in total. The van der Waals surface area contributed by atoms with Gasteiger partial charge in [-0.1, -0.05) is 23.7 Å². The molecule has 1 aromatic carbocycles. The number of benzene rings is 1. The number of pyridine rings is 1. The zero-order chi connectivity index (χ0) is 16.1. The molecule has 1 aliphatic rings. The zero-order valence-electron chi connectivity index (χ0n) is 12.8. The van der Waals surface area contributed by atoms with Gasteiger partial charge in [0, 0.05) is 48.2 Å². The molecular weight excluding hydrogens is 312 g/mol. The van der Waals surface area contributed by atoms with E-state index in [1.165, 1.54) is 5.56 Å². The molecule has 23 heavy (non-hydrogen) atoms. The van der Waals surface area contributed by atoms with Gasteiger partial charge in [0.25, 0.3) is 5.91 Å². The Morgan fingerprint density at radius 2 is 1.78 bits per heavy atom. The molecule has 1 amide bonds. The maximum absolute atomic E-state index is 12.3. The largest absolute Gasteiger partial charge is 0.381 e. The highest BCUT2D eigenvalue weighted by Gasteiger charge is 2.34. The summed E-state index contributed by atoms with van der Waals surface area (Å²) in [6, 6.07) is 11.3. The van der Waals surface area contributed by atoms with E-state index in [9.17, 15) is 4.79 Å². The van der Waals surface area contributed by atoms with Gasteiger partial charge in [0.05, 0.1) is 0 Å². The van der Waals surface area contributed by atoms with E-state index in [1.54, 1.807) is 24.5 Å². The Hall–Kier alpha value is -1.91. The number of aromatic nitrogens is 1. The minimum Gasteiger partial charge on any atom is -0.381 e. The number of ether oxygens (including phenoxy) is 1. The van der Waals surface area contributed by atoms with Gasteiger partial charge in [0.15, 0.2) is 0 Å². The number of nitrogens with one attached hydrogen (secondary N) is 1. The molecule has 0 unspecified atom stereocenters. The van der Waals surface area contributed by atoms with Crippen molar-refractivity contribution in [3.05, 3.63) is 64.9 Å². The van der Waals surface area contributed by atoms with Gasteiger partial charge in [-0.2, -0.15) is 0 Å². The molecule has 3 rings (SSSR count). The smallest absolute Gasteiger partial charge is 0.251 e. The van der Waals surface area contributed by atoms with E-state index < -0.39 is 0 Å². The predicted molar refractivity (Wildman–Crippen MR) is 89.8 cm³/mol. The Morgan fingerprint density at radius 3 is 2.43 bits per heavy atom. The maximum atomic E-state index is 12.3. The number of hydrogen-bond acceptors (Lipinski definition) is 3. The van der Waals surface area contributed by atoms with Crippen LogP contribution in [0.4, 0.5) is 0 Å². The van der Waals surface area contributed by atoms with E-state index in [4.69, 9.17) is 16.3 Å². The fourth-order valence-electron chi connectivity index (χ4n) is 2.99. The van der Waals surface area contributed by atoms with Crippen LogP contribution in [0.3, 0.4) is 0 Å². The van der Waals surface area contributed by atoms with Gasteiger partial charge in [-0.05, 0) is 42.7 Å². The highest BCUT2D eigenvalue weighted by atomic mass is 35.5. The van der Waals surface area contributed by atoms with Crippen LogP contribution >= 0.6 is 11.6 Å². The third-order valence-corrected chi connectivity index (χ3v) is 4.69. The molecule has 4 nitrogen and oxygen atoms in total. The minimum absolute atomic E-state index is 0.0766. The van der Waals surface area contributed by atoms with Crippen molar-refractivity contribution in [3.8, 4) is 0 Å². The summed E-state index contributed by atoms with van der Waals surface area (Å²) in [5.74, 6) is -0.0766. The van der Waals surface area contributed by atoms with Crippen LogP contribution in [0.15, 0.2) is 48.8 Å². The fraction of sp³-hybridized carbons (Fsp3) is 0.333. The summed E-state index contributed by atoms with van der Waals surface area (Å²) in [6.07, 6.45) is 5.01. The van der Waals surface area contributed by atoms with Crippen molar-refractivity contribution in [1.82, 2.24) is 10.3 Å². The third-order valence-electron chi connectivity index (χ3n) is 4.44. The van der Waals surface area contributed by atoms with Gasteiger partial charge < -0.3 is 10.1 Å². The van der Waals surface area contributed by atoms with E-state index in [-0.39, 0.29) is 11.3 Å². The van der Waals surface area contributed by atoms with Crippen molar-refractivity contribution in [2.24, 2.45) is 0 Å². The second-order valence-electron chi connectivity index (χ2n) is 5.82. The highest BCUT2D eigenvalue weighted by Crippen LogP contribution is 2.35. The summed E-state index contributed by atoms with van der Waals surface area (Å²) in [7, 11) is 0. The molecule has 1 aromatic heterocycles. The first kappa shape index (κ1) is 16.0. The molecule has 2 heterocycles. The van der Waals surface area contributed by atoms with Crippen LogP contribution in [0.2, 0.25) is 5.02 Å². The number of amides is 1. The number of rotatable bonds is 4. The average molecular weight is 331 g/mol. The summed E-state index contributed by atoms with van der Waals surface area (Å²) in [5.41, 5.74) is 1.71. The number of carbonyl (C=O) groups is 1. The molecule has 0 spiro atoms. The number of carbonyl (C=O) groups excluding carboxylic acids is 1. The molecule has 5 heteroatoms. The van der Waals surface area contributed by atoms with Gasteiger partial charge in [0.2, 0.25) is 0 Å². The highest BCUT2D eigenvalue weighted by molar-refractivity contribution is 6.30. The second kappa shape index (κ2) is 7.11. The van der Waals surface area contributed by atoms with Crippen molar-refractivity contribution in [3.63, 3.8) is 0 Å². The molecule has 0 radical (unpaired) electrons. The van der Waals surface area contributed by atoms with Crippen molar-refractivity contribution < 1.29 is 9.53 Å². The summed E-state index contributed by atoms with van der Waals surface area (Å²) in [4.78, 5) is 16.3. The van der Waals surface area contributed by atoms with Crippen molar-refractivity contribution in [1.29, 1.82) is 0 Å². The molecule has 0 bridgehead atoms. The first-order valence-electron chi connectivity index (χ1n) is 7.72. The van der Waals surface area contributed by atoms with E-state index >= 15 is 0 Å². The van der Waals surface area contributed by atoms with Crippen LogP contribution in [0, 0.1) is 0 Å². The average Bonchev–Trinajstić information content (AvgIpc) is 2.62. The van der Waals surface area contributed by atoms with Crippen LogP contribution < -0.4 is 5.32 Å². The van der Waals surface area contributed by atoms with Crippen LogP contribution in [-0.4, -0.2) is 30.6 Å². The van der Waals surface area contributed by atoms with Crippen molar-refractivity contribution >= 4 is 17.5 Å². The van der Waals surface area contributed by atoms with Gasteiger partial charge in [-0.25, -0.2) is 0 Å². The molecule has 0 saturated carbocycles. The molecule has 1 saturated heterocycles. The Kier molecular flexibility index (Phi) is 4.94. The standard InChI is InChI=1S/C18H19ClN2O2/c19-16-3-1-15(2-4-16)18(7-11-23-12-8-18)13-21-17(22)14-5-9-20-10-6-14/h1-6,9-10H,7-8,11-13H2,(H,21,22). The van der Waals surface area contributed by atoms with Gasteiger partial charge >= 0.3 is 0 Å². The van der Waals surface area contributed by atoms with E-state index in [2.05, 4.69) is 10.3 Å². The van der Waals surface area contributed by atoms with E-state index in [1.807, 2.05) is 24.3 Å². The molecule has 1 fully saturated rings. The lowest BCUT2D eigenvalue weighted by Gasteiger charge is -2.38. The van der Waals surface area contributed by atoms with Crippen molar-refractivity contribution in [2.45, 2.75) is 18.3 Å². The predicted octanol–water partition coefficient (Wildman–Crippen LogP) is 3.21. The first-order valence-corrected chi connectivity index (χ1v) is 8.09. The normalized spacial score (nSPS) is 16.7. The Morgan fingerprint density at radius 1 is 1.13 bits per heavy atom. The Bertz CT molecular complexity index is 652. The molecule has 0 atom stereocenters. The third kappa shape index (κ3) is 3.71. The maximum Gasteiger partial charge on any atom is 0.251 e. The topological polar surface area (TPSA) is 51.2 Å². The monoisotopic (exact) mass is 330 g/mol. The first-order chi connectivity index (χ1) is 11.2. The number of nitrogens with zero attached hydrogens (tertiary/aromatic N) is 1. The van der Waals surface area contributed by atoms with Crippen LogP contribution in [-0.2, 0) is 10.2 Å². The van der Waals surface area contributed by atoms with E-state index in [0.717, 1.165) is 17.9 Å². The SMILES string of the molecule is O=C(NCC1(c2ccc(Cl)cc2)CCOCC1)c1ccncc1. The lowest BCUT2D eigenvalue weighted by atomic mass is 9.74. The molecule has 120 valence electrons. The number of halogens is 1. The van der Waals surface area contributed by atoms with Gasteiger partial charge in [-0.15, -0.1) is 0 Å². The van der Waals surface area contributed by atoms with Crippen LogP contribution in [0.25, 0.3) is 0 Å². The molecule has 1 aliphatic heterocycles. The molecule has 0 aliphatic carbocycles. The molecule has 2 aromatic rings. The molecular formula is C18H19ClN2O2. The number of hydrogen-bond donors (Lipinski definition) is 1. The van der Waals surface area contributed by atoms with Gasteiger partial charge in [-0.3, -0.25) is 9.78 Å². The Labute approximate surface area is 140 Å². The van der Waals surface area contributed by atoms with Gasteiger partial charge in [0.1, 0.15) is 0 Å². The lowest BCUT2D eigenvalue weighted by Crippen LogP contribution is -2.44. The van der Waals surface area contributed by atoms with Crippen LogP contribution in [0.5, 0.6) is 0 Å². The quantitative estimate of drug-likeness (QED) is 0.936.